The molecule has 2 aliphatic rings. The molecule has 1 aliphatic carbocycles. The summed E-state index contributed by atoms with van der Waals surface area (Å²) in [5.74, 6) is 0. The molecule has 20 heavy (non-hydrogen) atoms. The first-order valence-corrected chi connectivity index (χ1v) is 8.71. The smallest absolute Gasteiger partial charge is 0.0104 e. The number of nitrogens with zero attached hydrogens (tertiary/aromatic N) is 1. The predicted octanol–water partition coefficient (Wildman–Crippen LogP) is 4.06. The van der Waals surface area contributed by atoms with Crippen LogP contribution in [0.4, 0.5) is 0 Å². The van der Waals surface area contributed by atoms with Gasteiger partial charge in [-0.05, 0) is 69.5 Å². The Morgan fingerprint density at radius 1 is 1.05 bits per heavy atom. The van der Waals surface area contributed by atoms with Crippen LogP contribution in [0.2, 0.25) is 0 Å². The molecule has 2 rings (SSSR count). The first-order chi connectivity index (χ1) is 9.27. The fourth-order valence-electron chi connectivity index (χ4n) is 4.95. The van der Waals surface area contributed by atoms with Crippen molar-refractivity contribution in [3.63, 3.8) is 0 Å². The molecule has 0 bridgehead atoms. The summed E-state index contributed by atoms with van der Waals surface area (Å²) >= 11 is 0. The highest BCUT2D eigenvalue weighted by atomic mass is 15.1. The van der Waals surface area contributed by atoms with E-state index in [-0.39, 0.29) is 0 Å². The van der Waals surface area contributed by atoms with Crippen molar-refractivity contribution in [3.8, 4) is 0 Å². The Morgan fingerprint density at radius 2 is 1.70 bits per heavy atom. The number of hydrogen-bond donors (Lipinski definition) is 1. The van der Waals surface area contributed by atoms with Crippen molar-refractivity contribution in [2.24, 2.45) is 10.8 Å². The highest BCUT2D eigenvalue weighted by Crippen LogP contribution is 2.45. The zero-order chi connectivity index (χ0) is 14.8. The van der Waals surface area contributed by atoms with Gasteiger partial charge >= 0.3 is 0 Å². The van der Waals surface area contributed by atoms with Gasteiger partial charge in [-0.3, -0.25) is 0 Å². The van der Waals surface area contributed by atoms with E-state index in [1.54, 1.807) is 0 Å². The summed E-state index contributed by atoms with van der Waals surface area (Å²) in [6, 6.07) is 1.54. The van der Waals surface area contributed by atoms with Gasteiger partial charge in [-0.25, -0.2) is 0 Å². The van der Waals surface area contributed by atoms with E-state index in [1.807, 2.05) is 0 Å². The van der Waals surface area contributed by atoms with Gasteiger partial charge < -0.3 is 10.2 Å². The van der Waals surface area contributed by atoms with Crippen LogP contribution in [0.5, 0.6) is 0 Å². The van der Waals surface area contributed by atoms with Crippen LogP contribution in [0.1, 0.15) is 72.6 Å². The van der Waals surface area contributed by atoms with E-state index in [9.17, 15) is 0 Å². The van der Waals surface area contributed by atoms with E-state index in [0.29, 0.717) is 10.8 Å². The average Bonchev–Trinajstić information content (AvgIpc) is 2.27. The van der Waals surface area contributed by atoms with Crippen LogP contribution in [-0.4, -0.2) is 37.1 Å². The molecule has 0 aromatic carbocycles. The summed E-state index contributed by atoms with van der Waals surface area (Å²) in [5.41, 5.74) is 1.00. The molecule has 1 saturated carbocycles. The molecule has 2 fully saturated rings. The molecule has 1 atom stereocenters. The van der Waals surface area contributed by atoms with Crippen LogP contribution in [-0.2, 0) is 0 Å². The standard InChI is InChI=1S/C18H36N2/c1-17(2)12-15(13-18(3,4)14-17)19-10-9-16-8-6-7-11-20(16)5/h15-16,19H,6-14H2,1-5H3. The highest BCUT2D eigenvalue weighted by molar-refractivity contribution is 4.92. The van der Waals surface area contributed by atoms with Crippen molar-refractivity contribution in [1.29, 1.82) is 0 Å². The lowest BCUT2D eigenvalue weighted by Crippen LogP contribution is -2.45. The van der Waals surface area contributed by atoms with Gasteiger partial charge in [0.15, 0.2) is 0 Å². The normalized spacial score (nSPS) is 31.4. The zero-order valence-corrected chi connectivity index (χ0v) is 14.5. The van der Waals surface area contributed by atoms with Gasteiger partial charge in [0, 0.05) is 12.1 Å². The number of nitrogens with one attached hydrogen (secondary N) is 1. The quantitative estimate of drug-likeness (QED) is 0.835. The molecule has 0 aromatic heterocycles. The van der Waals surface area contributed by atoms with E-state index in [2.05, 4.69) is 45.0 Å². The monoisotopic (exact) mass is 280 g/mol. The van der Waals surface area contributed by atoms with Crippen molar-refractivity contribution < 1.29 is 0 Å². The minimum atomic E-state index is 0.501. The van der Waals surface area contributed by atoms with E-state index < -0.39 is 0 Å². The summed E-state index contributed by atoms with van der Waals surface area (Å²) in [6.07, 6.45) is 9.61. The molecular weight excluding hydrogens is 244 g/mol. The SMILES string of the molecule is CN1CCCCC1CCNC1CC(C)(C)CC(C)(C)C1. The fraction of sp³-hybridized carbons (Fsp3) is 1.00. The first-order valence-electron chi connectivity index (χ1n) is 8.71. The van der Waals surface area contributed by atoms with Crippen molar-refractivity contribution in [1.82, 2.24) is 10.2 Å². The number of likely N-dealkylation sites (tertiary alicyclic amines) is 1. The summed E-state index contributed by atoms with van der Waals surface area (Å²) in [7, 11) is 2.30. The number of hydrogen-bond acceptors (Lipinski definition) is 2. The van der Waals surface area contributed by atoms with Gasteiger partial charge in [0.05, 0.1) is 0 Å². The lowest BCUT2D eigenvalue weighted by atomic mass is 9.63. The fourth-order valence-corrected chi connectivity index (χ4v) is 4.95. The molecule has 0 amide bonds. The maximum absolute atomic E-state index is 3.87. The van der Waals surface area contributed by atoms with Gasteiger partial charge in [0.1, 0.15) is 0 Å². The van der Waals surface area contributed by atoms with Gasteiger partial charge in [-0.2, -0.15) is 0 Å². The molecule has 0 aromatic rings. The summed E-state index contributed by atoms with van der Waals surface area (Å²) in [6.45, 7) is 12.3. The summed E-state index contributed by atoms with van der Waals surface area (Å²) < 4.78 is 0. The minimum absolute atomic E-state index is 0.501. The predicted molar refractivity (Wildman–Crippen MR) is 88.1 cm³/mol. The molecule has 1 N–H and O–H groups in total. The zero-order valence-electron chi connectivity index (χ0n) is 14.5. The summed E-state index contributed by atoms with van der Waals surface area (Å²) in [5, 5.41) is 3.87. The Morgan fingerprint density at radius 3 is 2.30 bits per heavy atom. The molecule has 1 saturated heterocycles. The van der Waals surface area contributed by atoms with E-state index in [0.717, 1.165) is 12.1 Å². The molecule has 0 spiro atoms. The van der Waals surface area contributed by atoms with Gasteiger partial charge in [0.25, 0.3) is 0 Å². The average molecular weight is 280 g/mol. The van der Waals surface area contributed by atoms with Gasteiger partial charge in [-0.1, -0.05) is 34.1 Å². The van der Waals surface area contributed by atoms with Gasteiger partial charge in [-0.15, -0.1) is 0 Å². The van der Waals surface area contributed by atoms with E-state index >= 15 is 0 Å². The molecular formula is C18H36N2. The minimum Gasteiger partial charge on any atom is -0.314 e. The first kappa shape index (κ1) is 16.3. The van der Waals surface area contributed by atoms with Crippen LogP contribution < -0.4 is 5.32 Å². The topological polar surface area (TPSA) is 15.3 Å². The Kier molecular flexibility index (Phi) is 5.18. The largest absolute Gasteiger partial charge is 0.314 e. The maximum atomic E-state index is 3.87. The third-order valence-corrected chi connectivity index (χ3v) is 5.39. The third-order valence-electron chi connectivity index (χ3n) is 5.39. The van der Waals surface area contributed by atoms with Crippen molar-refractivity contribution in [3.05, 3.63) is 0 Å². The molecule has 1 unspecified atom stereocenters. The number of piperidine rings is 1. The van der Waals surface area contributed by atoms with Crippen LogP contribution in [0.15, 0.2) is 0 Å². The summed E-state index contributed by atoms with van der Waals surface area (Å²) in [4.78, 5) is 2.57. The highest BCUT2D eigenvalue weighted by Gasteiger charge is 2.38. The van der Waals surface area contributed by atoms with E-state index in [4.69, 9.17) is 0 Å². The third kappa shape index (κ3) is 4.73. The Labute approximate surface area is 126 Å². The lowest BCUT2D eigenvalue weighted by Gasteiger charge is -2.45. The lowest BCUT2D eigenvalue weighted by molar-refractivity contribution is 0.0831. The second kappa shape index (κ2) is 6.36. The molecule has 1 heterocycles. The molecule has 1 aliphatic heterocycles. The Hall–Kier alpha value is -0.0800. The second-order valence-corrected chi connectivity index (χ2v) is 8.98. The van der Waals surface area contributed by atoms with Crippen LogP contribution >= 0.6 is 0 Å². The molecule has 118 valence electrons. The number of rotatable bonds is 4. The van der Waals surface area contributed by atoms with Crippen molar-refractivity contribution in [2.45, 2.75) is 84.7 Å². The molecule has 2 heteroatoms. The van der Waals surface area contributed by atoms with Crippen LogP contribution in [0, 0.1) is 10.8 Å². The second-order valence-electron chi connectivity index (χ2n) is 8.98. The van der Waals surface area contributed by atoms with Crippen molar-refractivity contribution >= 4 is 0 Å². The van der Waals surface area contributed by atoms with E-state index in [1.165, 1.54) is 58.0 Å². The molecule has 2 nitrogen and oxygen atoms in total. The Balaban J connectivity index is 1.76. The molecule has 0 radical (unpaired) electrons. The van der Waals surface area contributed by atoms with Crippen molar-refractivity contribution in [2.75, 3.05) is 20.1 Å². The van der Waals surface area contributed by atoms with Crippen LogP contribution in [0.25, 0.3) is 0 Å². The van der Waals surface area contributed by atoms with Crippen LogP contribution in [0.3, 0.4) is 0 Å². The Bertz CT molecular complexity index is 293. The maximum Gasteiger partial charge on any atom is 0.0104 e. The van der Waals surface area contributed by atoms with Gasteiger partial charge in [0.2, 0.25) is 0 Å².